The lowest BCUT2D eigenvalue weighted by atomic mass is 10.1. The van der Waals surface area contributed by atoms with E-state index in [1.54, 1.807) is 6.92 Å². The van der Waals surface area contributed by atoms with Crippen LogP contribution in [0.1, 0.15) is 25.0 Å². The number of aliphatic hydroxyl groups is 1. The third-order valence-corrected chi connectivity index (χ3v) is 5.74. The number of halogens is 3. The summed E-state index contributed by atoms with van der Waals surface area (Å²) in [7, 11) is 0. The Morgan fingerprint density at radius 1 is 1.22 bits per heavy atom. The maximum atomic E-state index is 12.8. The minimum atomic E-state index is -4.38. The van der Waals surface area contributed by atoms with Crippen LogP contribution in [0.15, 0.2) is 42.9 Å². The molecule has 0 aromatic carbocycles. The second kappa shape index (κ2) is 8.95. The molecule has 1 fully saturated rings. The van der Waals surface area contributed by atoms with Gasteiger partial charge in [0.25, 0.3) is 0 Å². The molecule has 0 radical (unpaired) electrons. The summed E-state index contributed by atoms with van der Waals surface area (Å²) < 4.78 is 40.4. The topological polar surface area (TPSA) is 73.2 Å². The third kappa shape index (κ3) is 4.81. The van der Waals surface area contributed by atoms with Gasteiger partial charge in [-0.25, -0.2) is 4.98 Å². The highest BCUT2D eigenvalue weighted by atomic mass is 19.4. The molecule has 0 spiro atoms. The fraction of sp³-hybridized carbons (Fsp3) is 0.455. The molecule has 172 valence electrons. The average molecular weight is 448 g/mol. The van der Waals surface area contributed by atoms with Gasteiger partial charge >= 0.3 is 6.18 Å². The van der Waals surface area contributed by atoms with Gasteiger partial charge in [-0.05, 0) is 38.1 Å². The molecule has 3 aromatic heterocycles. The zero-order valence-corrected chi connectivity index (χ0v) is 18.0. The number of hydrogen-bond donors (Lipinski definition) is 2. The van der Waals surface area contributed by atoms with Crippen molar-refractivity contribution in [2.24, 2.45) is 0 Å². The summed E-state index contributed by atoms with van der Waals surface area (Å²) in [5.74, 6) is 0.560. The maximum Gasteiger partial charge on any atom is 0.417 e. The molecule has 2 atom stereocenters. The minimum absolute atomic E-state index is 0.0995. The van der Waals surface area contributed by atoms with E-state index in [0.717, 1.165) is 42.3 Å². The monoisotopic (exact) mass is 448 g/mol. The van der Waals surface area contributed by atoms with E-state index >= 15 is 0 Å². The fourth-order valence-corrected chi connectivity index (χ4v) is 4.22. The lowest BCUT2D eigenvalue weighted by Gasteiger charge is -2.40. The van der Waals surface area contributed by atoms with Crippen molar-refractivity contribution in [2.75, 3.05) is 24.5 Å². The lowest BCUT2D eigenvalue weighted by Crippen LogP contribution is -2.51. The molecule has 7 nitrogen and oxygen atoms in total. The molecule has 1 aliphatic heterocycles. The van der Waals surface area contributed by atoms with Crippen molar-refractivity contribution < 1.29 is 18.3 Å². The van der Waals surface area contributed by atoms with Crippen LogP contribution in [0.25, 0.3) is 11.4 Å². The van der Waals surface area contributed by atoms with Gasteiger partial charge < -0.3 is 14.6 Å². The summed E-state index contributed by atoms with van der Waals surface area (Å²) in [5, 5.41) is 17.1. The van der Waals surface area contributed by atoms with Crippen LogP contribution < -0.4 is 4.90 Å². The number of nitrogens with zero attached hydrogens (tertiary/aromatic N) is 5. The largest absolute Gasteiger partial charge is 0.417 e. The number of hydrogen-bond acceptors (Lipinski definition) is 5. The van der Waals surface area contributed by atoms with Gasteiger partial charge in [0.1, 0.15) is 5.82 Å². The second-order valence-corrected chi connectivity index (χ2v) is 8.35. The summed E-state index contributed by atoms with van der Waals surface area (Å²) in [6, 6.07) is 6.57. The Morgan fingerprint density at radius 3 is 2.69 bits per heavy atom. The van der Waals surface area contributed by atoms with E-state index in [9.17, 15) is 18.3 Å². The summed E-state index contributed by atoms with van der Waals surface area (Å²) in [5.41, 5.74) is 2.22. The molecule has 1 aliphatic rings. The van der Waals surface area contributed by atoms with Gasteiger partial charge in [-0.3, -0.25) is 10.00 Å². The number of piperazine rings is 1. The van der Waals surface area contributed by atoms with Gasteiger partial charge in [-0.1, -0.05) is 0 Å². The number of alkyl halides is 3. The number of H-pyrrole nitrogens is 1. The molecular weight excluding hydrogens is 421 g/mol. The number of pyridine rings is 1. The molecule has 2 unspecified atom stereocenters. The summed E-state index contributed by atoms with van der Waals surface area (Å²) in [6.45, 7) is 7.18. The van der Waals surface area contributed by atoms with Crippen molar-refractivity contribution in [3.05, 3.63) is 54.0 Å². The Kier molecular flexibility index (Phi) is 6.25. The van der Waals surface area contributed by atoms with Gasteiger partial charge in [0.05, 0.1) is 29.3 Å². The van der Waals surface area contributed by atoms with E-state index in [2.05, 4.69) is 27.0 Å². The molecule has 32 heavy (non-hydrogen) atoms. The first-order valence-corrected chi connectivity index (χ1v) is 10.6. The molecule has 1 saturated heterocycles. The summed E-state index contributed by atoms with van der Waals surface area (Å²) in [4.78, 5) is 8.40. The second-order valence-electron chi connectivity index (χ2n) is 8.35. The normalized spacial score (nSPS) is 18.8. The molecule has 10 heteroatoms. The van der Waals surface area contributed by atoms with E-state index < -0.39 is 17.8 Å². The van der Waals surface area contributed by atoms with Crippen LogP contribution in [0.2, 0.25) is 0 Å². The molecule has 0 amide bonds. The number of anilines is 1. The van der Waals surface area contributed by atoms with Crippen LogP contribution in [0, 0.1) is 0 Å². The van der Waals surface area contributed by atoms with Crippen molar-refractivity contribution >= 4 is 5.82 Å². The van der Waals surface area contributed by atoms with Gasteiger partial charge in [0.2, 0.25) is 0 Å². The number of rotatable bonds is 6. The molecule has 2 N–H and O–H groups in total. The SMILES string of the molecule is CC(O)Cn1cccc1-c1[nH]ncc1CN1CCN(c2ccc(C(F)(F)F)cn2)C(C)C1. The van der Waals surface area contributed by atoms with Crippen molar-refractivity contribution in [1.82, 2.24) is 24.6 Å². The maximum absolute atomic E-state index is 12.8. The minimum Gasteiger partial charge on any atom is -0.392 e. The molecule has 0 bridgehead atoms. The van der Waals surface area contributed by atoms with Crippen LogP contribution in [0.4, 0.5) is 19.0 Å². The van der Waals surface area contributed by atoms with Gasteiger partial charge in [-0.2, -0.15) is 18.3 Å². The number of nitrogens with one attached hydrogen (secondary N) is 1. The van der Waals surface area contributed by atoms with Gasteiger partial charge in [0, 0.05) is 56.7 Å². The standard InChI is InChI=1S/C22H27F3N6O/c1-15-12-29(8-9-31(15)20-6-5-18(11-26-20)22(23,24)25)14-17-10-27-28-21(17)19-4-3-7-30(19)13-16(2)32/h3-7,10-11,15-16,32H,8-9,12-14H2,1-2H3,(H,27,28). The van der Waals surface area contributed by atoms with Crippen LogP contribution >= 0.6 is 0 Å². The van der Waals surface area contributed by atoms with Gasteiger partial charge in [0.15, 0.2) is 0 Å². The smallest absolute Gasteiger partial charge is 0.392 e. The Labute approximate surface area is 184 Å². The Hall–Kier alpha value is -2.85. The van der Waals surface area contributed by atoms with Crippen molar-refractivity contribution in [3.63, 3.8) is 0 Å². The molecular formula is C22H27F3N6O. The zero-order valence-electron chi connectivity index (χ0n) is 18.0. The highest BCUT2D eigenvalue weighted by molar-refractivity contribution is 5.59. The molecule has 3 aromatic rings. The van der Waals surface area contributed by atoms with Crippen LogP contribution in [-0.4, -0.2) is 61.5 Å². The van der Waals surface area contributed by atoms with Crippen LogP contribution in [0.5, 0.6) is 0 Å². The first kappa shape index (κ1) is 22.3. The van der Waals surface area contributed by atoms with E-state index in [4.69, 9.17) is 0 Å². The average Bonchev–Trinajstić information content (AvgIpc) is 3.36. The Balaban J connectivity index is 1.43. The highest BCUT2D eigenvalue weighted by Crippen LogP contribution is 2.30. The quantitative estimate of drug-likeness (QED) is 0.605. The van der Waals surface area contributed by atoms with E-state index in [0.29, 0.717) is 25.5 Å². The third-order valence-electron chi connectivity index (χ3n) is 5.74. The van der Waals surface area contributed by atoms with Crippen molar-refractivity contribution in [3.8, 4) is 11.4 Å². The highest BCUT2D eigenvalue weighted by Gasteiger charge is 2.32. The first-order valence-electron chi connectivity index (χ1n) is 10.6. The molecule has 4 rings (SSSR count). The Bertz CT molecular complexity index is 1030. The lowest BCUT2D eigenvalue weighted by molar-refractivity contribution is -0.137. The Morgan fingerprint density at radius 2 is 2.03 bits per heavy atom. The summed E-state index contributed by atoms with van der Waals surface area (Å²) in [6.07, 6.45) is -0.184. The van der Waals surface area contributed by atoms with Crippen LogP contribution in [-0.2, 0) is 19.3 Å². The van der Waals surface area contributed by atoms with Gasteiger partial charge in [-0.15, -0.1) is 0 Å². The first-order chi connectivity index (χ1) is 15.2. The van der Waals surface area contributed by atoms with E-state index in [-0.39, 0.29) is 6.04 Å². The molecule has 0 aliphatic carbocycles. The van der Waals surface area contributed by atoms with Crippen molar-refractivity contribution in [2.45, 2.75) is 45.3 Å². The van der Waals surface area contributed by atoms with E-state index in [1.165, 1.54) is 6.07 Å². The number of aromatic amines is 1. The molecule has 4 heterocycles. The summed E-state index contributed by atoms with van der Waals surface area (Å²) >= 11 is 0. The number of aliphatic hydroxyl groups excluding tert-OH is 1. The van der Waals surface area contributed by atoms with Crippen LogP contribution in [0.3, 0.4) is 0 Å². The van der Waals surface area contributed by atoms with Crippen molar-refractivity contribution in [1.29, 1.82) is 0 Å². The molecule has 0 saturated carbocycles. The fourth-order valence-electron chi connectivity index (χ4n) is 4.22. The van der Waals surface area contributed by atoms with E-state index in [1.807, 2.05) is 34.0 Å². The zero-order chi connectivity index (χ0) is 22.9. The predicted octanol–water partition coefficient (Wildman–Crippen LogP) is 3.38. The predicted molar refractivity (Wildman–Crippen MR) is 115 cm³/mol. The number of aromatic nitrogens is 4.